The largest absolute Gasteiger partial charge is 0.338 e. The lowest BCUT2D eigenvalue weighted by Crippen LogP contribution is -2.23. The van der Waals surface area contributed by atoms with E-state index in [4.69, 9.17) is 0 Å². The van der Waals surface area contributed by atoms with Crippen LogP contribution in [-0.2, 0) is 4.84 Å². The molecule has 0 fully saturated rings. The van der Waals surface area contributed by atoms with Crippen LogP contribution in [0.1, 0.15) is 0 Å². The minimum Gasteiger partial charge on any atom is -0.338 e. The maximum Gasteiger partial charge on any atom is 0.204 e. The van der Waals surface area contributed by atoms with Gasteiger partial charge in [-0.2, -0.15) is 0 Å². The number of nitrogens with one attached hydrogen (secondary N) is 2. The molecule has 0 aromatic carbocycles. The summed E-state index contributed by atoms with van der Waals surface area (Å²) in [4.78, 5) is 4.68. The van der Waals surface area contributed by atoms with Gasteiger partial charge < -0.3 is 5.23 Å². The summed E-state index contributed by atoms with van der Waals surface area (Å²) in [6, 6.07) is 0. The minimum atomic E-state index is 0.521. The van der Waals surface area contributed by atoms with Crippen LogP contribution in [0.3, 0.4) is 0 Å². The van der Waals surface area contributed by atoms with Crippen molar-refractivity contribution < 1.29 is 4.84 Å². The second-order valence-corrected chi connectivity index (χ2v) is 0.986. The third-order valence-electron chi connectivity index (χ3n) is 0.504. The van der Waals surface area contributed by atoms with Gasteiger partial charge in [0.05, 0.1) is 0 Å². The lowest BCUT2D eigenvalue weighted by molar-refractivity contribution is 0.0550. The molecule has 7 heavy (non-hydrogen) atoms. The van der Waals surface area contributed by atoms with Crippen molar-refractivity contribution in [3.05, 3.63) is 0 Å². The van der Waals surface area contributed by atoms with E-state index in [1.54, 1.807) is 7.05 Å². The van der Waals surface area contributed by atoms with E-state index in [9.17, 15) is 0 Å². The predicted molar refractivity (Wildman–Crippen MR) is 29.8 cm³/mol. The van der Waals surface area contributed by atoms with Crippen LogP contribution >= 0.6 is 0 Å². The van der Waals surface area contributed by atoms with Gasteiger partial charge in [0.25, 0.3) is 0 Å². The highest BCUT2D eigenvalue weighted by Crippen LogP contribution is 1.53. The molecular weight excluding hydrogens is 90.9 g/mol. The van der Waals surface area contributed by atoms with E-state index < -0.39 is 0 Å². The highest BCUT2D eigenvalue weighted by atomic mass is 16.6. The zero-order valence-electron chi connectivity index (χ0n) is 4.69. The molecular formula is C3H10BN2O. The molecule has 0 bridgehead atoms. The van der Waals surface area contributed by atoms with Crippen LogP contribution in [0.2, 0.25) is 6.82 Å². The molecule has 0 aliphatic rings. The number of hydrogen-bond acceptors (Lipinski definition) is 3. The normalized spacial score (nSPS) is 8.86. The van der Waals surface area contributed by atoms with Gasteiger partial charge in [0, 0.05) is 7.05 Å². The Morgan fingerprint density at radius 3 is 2.86 bits per heavy atom. The summed E-state index contributed by atoms with van der Waals surface area (Å²) < 4.78 is 0. The first-order chi connectivity index (χ1) is 3.41. The van der Waals surface area contributed by atoms with Crippen molar-refractivity contribution >= 4 is 7.41 Å². The molecule has 0 heterocycles. The summed E-state index contributed by atoms with van der Waals surface area (Å²) in [5, 5.41) is 2.84. The minimum absolute atomic E-state index is 0.521. The van der Waals surface area contributed by atoms with Crippen molar-refractivity contribution in [1.82, 2.24) is 10.7 Å². The summed E-state index contributed by atoms with van der Waals surface area (Å²) in [5.41, 5.74) is 2.52. The monoisotopic (exact) mass is 101 g/mol. The Hall–Kier alpha value is -0.0551. The van der Waals surface area contributed by atoms with Crippen molar-refractivity contribution in [3.8, 4) is 0 Å². The van der Waals surface area contributed by atoms with Crippen LogP contribution in [0.25, 0.3) is 0 Å². The Bertz CT molecular complexity index is 32.1. The molecule has 0 aromatic rings. The molecule has 0 rings (SSSR count). The fourth-order valence-electron chi connectivity index (χ4n) is 0.197. The lowest BCUT2D eigenvalue weighted by Gasteiger charge is -1.97. The molecule has 41 valence electrons. The Kier molecular flexibility index (Phi) is 5.90. The average molecular weight is 101 g/mol. The number of rotatable bonds is 4. The standard InChI is InChI=1S/C3H10BN2O/c1-4-6-3-7-5-2/h5-6H,3H2,1-2H3. The molecule has 0 saturated heterocycles. The molecule has 0 atom stereocenters. The second kappa shape index (κ2) is 5.94. The SMILES string of the molecule is C[B]NCONC. The third-order valence-corrected chi connectivity index (χ3v) is 0.504. The average Bonchev–Trinajstić information content (AvgIpc) is 1.69. The summed E-state index contributed by atoms with van der Waals surface area (Å²) in [6.07, 6.45) is 0. The molecule has 0 aliphatic carbocycles. The van der Waals surface area contributed by atoms with Crippen LogP contribution in [0.5, 0.6) is 0 Å². The molecule has 0 aliphatic heterocycles. The predicted octanol–water partition coefficient (Wildman–Crippen LogP) is -0.648. The van der Waals surface area contributed by atoms with Crippen molar-refractivity contribution in [1.29, 1.82) is 0 Å². The van der Waals surface area contributed by atoms with Gasteiger partial charge in [0.15, 0.2) is 0 Å². The van der Waals surface area contributed by atoms with Crippen LogP contribution in [-0.4, -0.2) is 21.2 Å². The van der Waals surface area contributed by atoms with E-state index in [1.807, 2.05) is 14.2 Å². The highest BCUT2D eigenvalue weighted by molar-refractivity contribution is 6.29. The van der Waals surface area contributed by atoms with Gasteiger partial charge >= 0.3 is 0 Å². The van der Waals surface area contributed by atoms with Gasteiger partial charge in [-0.25, -0.2) is 5.48 Å². The van der Waals surface area contributed by atoms with Crippen LogP contribution in [0.15, 0.2) is 0 Å². The maximum absolute atomic E-state index is 4.68. The number of hydrogen-bond donors (Lipinski definition) is 2. The van der Waals surface area contributed by atoms with Crippen molar-refractivity contribution in [2.24, 2.45) is 0 Å². The van der Waals surface area contributed by atoms with Crippen molar-refractivity contribution in [2.75, 3.05) is 13.8 Å². The van der Waals surface area contributed by atoms with Gasteiger partial charge in [-0.3, -0.25) is 4.84 Å². The van der Waals surface area contributed by atoms with E-state index in [0.717, 1.165) is 0 Å². The third kappa shape index (κ3) is 5.94. The van der Waals surface area contributed by atoms with E-state index in [-0.39, 0.29) is 0 Å². The first kappa shape index (κ1) is 6.94. The van der Waals surface area contributed by atoms with Gasteiger partial charge in [-0.1, -0.05) is 6.82 Å². The molecule has 0 unspecified atom stereocenters. The zero-order chi connectivity index (χ0) is 5.54. The molecule has 3 nitrogen and oxygen atoms in total. The van der Waals surface area contributed by atoms with E-state index in [2.05, 4.69) is 15.5 Å². The fourth-order valence-corrected chi connectivity index (χ4v) is 0.197. The molecule has 1 radical (unpaired) electrons. The zero-order valence-corrected chi connectivity index (χ0v) is 4.69. The van der Waals surface area contributed by atoms with Crippen molar-refractivity contribution in [3.63, 3.8) is 0 Å². The highest BCUT2D eigenvalue weighted by Gasteiger charge is 1.76. The van der Waals surface area contributed by atoms with E-state index >= 15 is 0 Å². The van der Waals surface area contributed by atoms with Gasteiger partial charge in [-0.15, -0.1) is 0 Å². The summed E-state index contributed by atoms with van der Waals surface area (Å²) in [7, 11) is 3.54. The molecule has 2 N–H and O–H groups in total. The first-order valence-electron chi connectivity index (χ1n) is 2.21. The smallest absolute Gasteiger partial charge is 0.204 e. The van der Waals surface area contributed by atoms with Gasteiger partial charge in [-0.05, 0) is 0 Å². The van der Waals surface area contributed by atoms with Crippen molar-refractivity contribution in [2.45, 2.75) is 6.82 Å². The van der Waals surface area contributed by atoms with E-state index in [1.165, 1.54) is 0 Å². The Morgan fingerprint density at radius 1 is 1.71 bits per heavy atom. The molecule has 0 spiro atoms. The summed E-state index contributed by atoms with van der Waals surface area (Å²) in [6.45, 7) is 2.42. The maximum atomic E-state index is 4.68. The quantitative estimate of drug-likeness (QED) is 0.213. The summed E-state index contributed by atoms with van der Waals surface area (Å²) >= 11 is 0. The van der Waals surface area contributed by atoms with Gasteiger partial charge in [0.2, 0.25) is 7.41 Å². The fraction of sp³-hybridized carbons (Fsp3) is 1.00. The lowest BCUT2D eigenvalue weighted by atomic mass is 10.0. The van der Waals surface area contributed by atoms with E-state index in [0.29, 0.717) is 6.73 Å². The second-order valence-electron chi connectivity index (χ2n) is 0.986. The Balaban J connectivity index is 2.45. The van der Waals surface area contributed by atoms with Gasteiger partial charge in [0.1, 0.15) is 6.73 Å². The topological polar surface area (TPSA) is 33.3 Å². The van der Waals surface area contributed by atoms with Crippen LogP contribution in [0, 0.1) is 0 Å². The van der Waals surface area contributed by atoms with Crippen LogP contribution in [0.4, 0.5) is 0 Å². The summed E-state index contributed by atoms with van der Waals surface area (Å²) in [5.74, 6) is 0. The van der Waals surface area contributed by atoms with Crippen LogP contribution < -0.4 is 10.7 Å². The number of hydroxylamine groups is 1. The Morgan fingerprint density at radius 2 is 2.43 bits per heavy atom. The molecule has 4 heteroatoms. The molecule has 0 aromatic heterocycles. The molecule has 0 amide bonds. The molecule has 0 saturated carbocycles. The first-order valence-corrected chi connectivity index (χ1v) is 2.21. The Labute approximate surface area is 44.6 Å².